The molecule has 0 unspecified atom stereocenters. The number of aryl methyl sites for hydroxylation is 2. The van der Waals surface area contributed by atoms with Crippen molar-refractivity contribution >= 4 is 11.9 Å². The van der Waals surface area contributed by atoms with Gasteiger partial charge in [0.1, 0.15) is 23.7 Å². The normalized spacial score (nSPS) is 14.7. The first-order valence-corrected chi connectivity index (χ1v) is 13.7. The SMILES string of the molecule is Cc1c(O)ccc(CCC(=O)OOCC2(OC(=O)CCc3ccc(O)c(C)c3C(C)(C)C)CC2)c1C(C)(C)C. The lowest BCUT2D eigenvalue weighted by molar-refractivity contribution is -0.285. The van der Waals surface area contributed by atoms with Gasteiger partial charge in [-0.05, 0) is 95.9 Å². The number of carbonyl (C=O) groups excluding carboxylic acids is 2. The highest BCUT2D eigenvalue weighted by molar-refractivity contribution is 5.71. The molecule has 0 atom stereocenters. The van der Waals surface area contributed by atoms with Gasteiger partial charge in [0.15, 0.2) is 0 Å². The van der Waals surface area contributed by atoms with Crippen LogP contribution in [0, 0.1) is 13.8 Å². The number of hydrogen-bond acceptors (Lipinski definition) is 7. The number of ether oxygens (including phenoxy) is 1. The maximum Gasteiger partial charge on any atom is 0.342 e. The molecule has 7 nitrogen and oxygen atoms in total. The van der Waals surface area contributed by atoms with E-state index in [1.807, 2.05) is 26.0 Å². The molecule has 1 saturated carbocycles. The number of phenols is 2. The minimum Gasteiger partial charge on any atom is -0.508 e. The van der Waals surface area contributed by atoms with E-state index >= 15 is 0 Å². The van der Waals surface area contributed by atoms with Gasteiger partial charge in [0.05, 0.1) is 6.42 Å². The molecule has 0 aliphatic heterocycles. The molecule has 1 fully saturated rings. The zero-order valence-corrected chi connectivity index (χ0v) is 24.7. The Morgan fingerprint density at radius 1 is 0.769 bits per heavy atom. The summed E-state index contributed by atoms with van der Waals surface area (Å²) in [6, 6.07) is 7.04. The van der Waals surface area contributed by atoms with Crippen molar-refractivity contribution in [2.24, 2.45) is 0 Å². The lowest BCUT2D eigenvalue weighted by atomic mass is 9.79. The number of benzene rings is 2. The van der Waals surface area contributed by atoms with Gasteiger partial charge in [0, 0.05) is 6.42 Å². The van der Waals surface area contributed by atoms with E-state index in [0.29, 0.717) is 25.7 Å². The van der Waals surface area contributed by atoms with E-state index in [1.165, 1.54) is 0 Å². The fourth-order valence-electron chi connectivity index (χ4n) is 5.44. The summed E-state index contributed by atoms with van der Waals surface area (Å²) < 4.78 is 5.71. The second-order valence-corrected chi connectivity index (χ2v) is 12.9. The third-order valence-electron chi connectivity index (χ3n) is 7.35. The molecule has 3 rings (SSSR count). The molecule has 2 aromatic carbocycles. The molecular formula is C32H44O7. The Hall–Kier alpha value is -3.06. The standard InChI is InChI=1S/C32H44O7/c1-20-24(33)13-9-22(28(20)30(3,4)5)11-15-26(35)38-32(17-18-32)19-37-39-27(36)16-12-23-10-14-25(34)21(2)29(23)31(6,7)8/h9-10,13-14,33-34H,11-12,15-19H2,1-8H3. The van der Waals surface area contributed by atoms with Crippen molar-refractivity contribution in [3.05, 3.63) is 57.6 Å². The van der Waals surface area contributed by atoms with Crippen LogP contribution < -0.4 is 0 Å². The van der Waals surface area contributed by atoms with Crippen molar-refractivity contribution in [2.75, 3.05) is 6.61 Å². The third kappa shape index (κ3) is 7.75. The van der Waals surface area contributed by atoms with Gasteiger partial charge in [-0.2, -0.15) is 4.89 Å². The molecule has 0 spiro atoms. The molecule has 0 heterocycles. The van der Waals surface area contributed by atoms with Crippen molar-refractivity contribution < 1.29 is 34.3 Å². The third-order valence-corrected chi connectivity index (χ3v) is 7.35. The number of carbonyl (C=O) groups is 2. The average Bonchev–Trinajstić information content (AvgIpc) is 3.57. The summed E-state index contributed by atoms with van der Waals surface area (Å²) in [7, 11) is 0. The van der Waals surface area contributed by atoms with E-state index in [0.717, 1.165) is 33.4 Å². The maximum atomic E-state index is 12.7. The lowest BCUT2D eigenvalue weighted by Crippen LogP contribution is -2.26. The molecule has 1 aliphatic carbocycles. The minimum absolute atomic E-state index is 0.00158. The summed E-state index contributed by atoms with van der Waals surface area (Å²) in [5.74, 6) is -0.333. The summed E-state index contributed by atoms with van der Waals surface area (Å²) in [6.07, 6.45) is 2.61. The van der Waals surface area contributed by atoms with Gasteiger partial charge in [-0.15, -0.1) is 0 Å². The van der Waals surface area contributed by atoms with Gasteiger partial charge in [-0.1, -0.05) is 53.7 Å². The summed E-state index contributed by atoms with van der Waals surface area (Å²) in [5.41, 5.74) is 4.62. The topological polar surface area (TPSA) is 102 Å². The first-order chi connectivity index (χ1) is 18.0. The van der Waals surface area contributed by atoms with Crippen LogP contribution in [0.1, 0.15) is 101 Å². The Bertz CT molecular complexity index is 1210. The number of aromatic hydroxyl groups is 2. The van der Waals surface area contributed by atoms with Crippen LogP contribution in [0.2, 0.25) is 0 Å². The van der Waals surface area contributed by atoms with Gasteiger partial charge < -0.3 is 14.9 Å². The Labute approximate surface area is 232 Å². The molecule has 0 radical (unpaired) electrons. The smallest absolute Gasteiger partial charge is 0.342 e. The summed E-state index contributed by atoms with van der Waals surface area (Å²) in [4.78, 5) is 35.2. The highest BCUT2D eigenvalue weighted by atomic mass is 17.2. The molecule has 7 heteroatoms. The lowest BCUT2D eigenvalue weighted by Gasteiger charge is -2.26. The van der Waals surface area contributed by atoms with E-state index < -0.39 is 11.6 Å². The Morgan fingerprint density at radius 3 is 1.62 bits per heavy atom. The Balaban J connectivity index is 1.48. The van der Waals surface area contributed by atoms with E-state index in [1.54, 1.807) is 12.1 Å². The van der Waals surface area contributed by atoms with E-state index in [4.69, 9.17) is 14.5 Å². The van der Waals surface area contributed by atoms with Crippen LogP contribution >= 0.6 is 0 Å². The molecule has 0 saturated heterocycles. The zero-order chi connectivity index (χ0) is 29.2. The van der Waals surface area contributed by atoms with Gasteiger partial charge in [0.25, 0.3) is 0 Å². The minimum atomic E-state index is -0.747. The fraction of sp³-hybridized carbons (Fsp3) is 0.562. The Morgan fingerprint density at radius 2 is 1.21 bits per heavy atom. The average molecular weight is 541 g/mol. The van der Waals surface area contributed by atoms with Crippen LogP contribution in [-0.4, -0.2) is 34.4 Å². The van der Waals surface area contributed by atoms with Crippen molar-refractivity contribution in [1.82, 2.24) is 0 Å². The van der Waals surface area contributed by atoms with E-state index in [9.17, 15) is 19.8 Å². The van der Waals surface area contributed by atoms with Crippen molar-refractivity contribution in [3.8, 4) is 11.5 Å². The first kappa shape index (κ1) is 30.5. The van der Waals surface area contributed by atoms with Crippen LogP contribution in [0.25, 0.3) is 0 Å². The molecule has 39 heavy (non-hydrogen) atoms. The molecule has 0 bridgehead atoms. The van der Waals surface area contributed by atoms with E-state index in [-0.39, 0.29) is 47.7 Å². The largest absolute Gasteiger partial charge is 0.508 e. The van der Waals surface area contributed by atoms with Gasteiger partial charge in [0.2, 0.25) is 0 Å². The van der Waals surface area contributed by atoms with Crippen LogP contribution in [0.4, 0.5) is 0 Å². The summed E-state index contributed by atoms with van der Waals surface area (Å²) in [5, 5.41) is 20.3. The number of rotatable bonds is 10. The van der Waals surface area contributed by atoms with Crippen molar-refractivity contribution in [2.45, 2.75) is 110 Å². The van der Waals surface area contributed by atoms with Crippen LogP contribution in [-0.2, 0) is 47.8 Å². The Kier molecular flexibility index (Phi) is 9.06. The van der Waals surface area contributed by atoms with Gasteiger partial charge >= 0.3 is 11.9 Å². The second kappa shape index (κ2) is 11.6. The van der Waals surface area contributed by atoms with Gasteiger partial charge in [-0.25, -0.2) is 4.79 Å². The quantitative estimate of drug-likeness (QED) is 0.203. The molecule has 0 aromatic heterocycles. The second-order valence-electron chi connectivity index (χ2n) is 12.9. The highest BCUT2D eigenvalue weighted by Gasteiger charge is 2.48. The molecule has 2 N–H and O–H groups in total. The monoisotopic (exact) mass is 540 g/mol. The molecular weight excluding hydrogens is 496 g/mol. The first-order valence-electron chi connectivity index (χ1n) is 13.7. The molecule has 1 aliphatic rings. The van der Waals surface area contributed by atoms with Crippen LogP contribution in [0.3, 0.4) is 0 Å². The van der Waals surface area contributed by atoms with Crippen LogP contribution in [0.15, 0.2) is 24.3 Å². The van der Waals surface area contributed by atoms with Crippen molar-refractivity contribution in [1.29, 1.82) is 0 Å². The van der Waals surface area contributed by atoms with Gasteiger partial charge in [-0.3, -0.25) is 9.68 Å². The maximum absolute atomic E-state index is 12.7. The number of hydrogen-bond donors (Lipinski definition) is 2. The predicted octanol–water partition coefficient (Wildman–Crippen LogP) is 6.43. The molecule has 0 amide bonds. The molecule has 214 valence electrons. The number of esters is 1. The van der Waals surface area contributed by atoms with E-state index in [2.05, 4.69) is 41.5 Å². The highest BCUT2D eigenvalue weighted by Crippen LogP contribution is 2.41. The summed E-state index contributed by atoms with van der Waals surface area (Å²) in [6.45, 7) is 16.3. The van der Waals surface area contributed by atoms with Crippen molar-refractivity contribution in [3.63, 3.8) is 0 Å². The van der Waals surface area contributed by atoms with Crippen LogP contribution in [0.5, 0.6) is 11.5 Å². The fourth-order valence-corrected chi connectivity index (χ4v) is 5.44. The number of phenolic OH excluding ortho intramolecular Hbond substituents is 2. The molecule has 2 aromatic rings. The summed E-state index contributed by atoms with van der Waals surface area (Å²) >= 11 is 0. The zero-order valence-electron chi connectivity index (χ0n) is 24.7. The predicted molar refractivity (Wildman–Crippen MR) is 150 cm³/mol.